The molecule has 1 aromatic heterocycles. The molecule has 2 heterocycles. The first-order valence-corrected chi connectivity index (χ1v) is 9.15. The molecule has 29 heavy (non-hydrogen) atoms. The van der Waals surface area contributed by atoms with Crippen LogP contribution in [0.5, 0.6) is 0 Å². The van der Waals surface area contributed by atoms with Gasteiger partial charge in [-0.1, -0.05) is 6.07 Å². The average molecular weight is 398 g/mol. The number of H-pyrrole nitrogens is 1. The van der Waals surface area contributed by atoms with Crippen LogP contribution in [0.4, 0.5) is 15.8 Å². The van der Waals surface area contributed by atoms with E-state index in [2.05, 4.69) is 10.3 Å². The minimum Gasteiger partial charge on any atom is -0.408 e. The van der Waals surface area contributed by atoms with E-state index in [1.165, 1.54) is 17.0 Å². The molecular formula is C20H19FN4O4. The van der Waals surface area contributed by atoms with E-state index in [1.807, 2.05) is 11.0 Å². The summed E-state index contributed by atoms with van der Waals surface area (Å²) in [6.45, 7) is 3.42. The van der Waals surface area contributed by atoms with Crippen LogP contribution in [-0.2, 0) is 9.59 Å². The topological polar surface area (TPSA) is 98.6 Å². The number of carbonyl (C=O) groups is 2. The molecule has 1 aliphatic rings. The lowest BCUT2D eigenvalue weighted by Gasteiger charge is -2.35. The van der Waals surface area contributed by atoms with Crippen LogP contribution in [0.2, 0.25) is 0 Å². The SMILES string of the molecule is Cc1ccc(N2CCN(C(=O)C(=O)Nc3ccc4[nH]c(=O)oc4c3)CC2)cc1F. The number of benzene rings is 2. The Morgan fingerprint density at radius 1 is 1.10 bits per heavy atom. The average Bonchev–Trinajstić information content (AvgIpc) is 3.09. The zero-order valence-corrected chi connectivity index (χ0v) is 15.7. The highest BCUT2D eigenvalue weighted by atomic mass is 19.1. The summed E-state index contributed by atoms with van der Waals surface area (Å²) in [5.41, 5.74) is 2.48. The lowest BCUT2D eigenvalue weighted by atomic mass is 10.2. The van der Waals surface area contributed by atoms with E-state index in [-0.39, 0.29) is 5.82 Å². The van der Waals surface area contributed by atoms with Gasteiger partial charge in [0.05, 0.1) is 5.52 Å². The van der Waals surface area contributed by atoms with Gasteiger partial charge in [-0.3, -0.25) is 14.6 Å². The van der Waals surface area contributed by atoms with E-state index >= 15 is 0 Å². The molecule has 0 bridgehead atoms. The number of hydrogen-bond donors (Lipinski definition) is 2. The van der Waals surface area contributed by atoms with Crippen molar-refractivity contribution in [2.45, 2.75) is 6.92 Å². The molecule has 150 valence electrons. The number of nitrogens with one attached hydrogen (secondary N) is 2. The molecule has 2 aromatic carbocycles. The predicted molar refractivity (Wildman–Crippen MR) is 105 cm³/mol. The van der Waals surface area contributed by atoms with E-state index in [0.717, 1.165) is 5.69 Å². The van der Waals surface area contributed by atoms with Gasteiger partial charge >= 0.3 is 17.6 Å². The molecule has 0 aliphatic carbocycles. The lowest BCUT2D eigenvalue weighted by Crippen LogP contribution is -2.51. The summed E-state index contributed by atoms with van der Waals surface area (Å²) in [5, 5.41) is 2.53. The molecule has 0 radical (unpaired) electrons. The van der Waals surface area contributed by atoms with Gasteiger partial charge in [0.2, 0.25) is 0 Å². The Bertz CT molecular complexity index is 1140. The summed E-state index contributed by atoms with van der Waals surface area (Å²) in [6.07, 6.45) is 0. The minimum atomic E-state index is -0.767. The van der Waals surface area contributed by atoms with E-state index < -0.39 is 17.6 Å². The van der Waals surface area contributed by atoms with E-state index in [4.69, 9.17) is 4.42 Å². The third-order valence-electron chi connectivity index (χ3n) is 4.96. The van der Waals surface area contributed by atoms with Crippen LogP contribution in [0.3, 0.4) is 0 Å². The molecule has 0 spiro atoms. The Morgan fingerprint density at radius 3 is 2.59 bits per heavy atom. The Balaban J connectivity index is 1.37. The van der Waals surface area contributed by atoms with E-state index in [9.17, 15) is 18.8 Å². The van der Waals surface area contributed by atoms with Gasteiger partial charge in [0.25, 0.3) is 0 Å². The van der Waals surface area contributed by atoms with Crippen LogP contribution in [-0.4, -0.2) is 47.9 Å². The second-order valence-corrected chi connectivity index (χ2v) is 6.89. The highest BCUT2D eigenvalue weighted by molar-refractivity contribution is 6.39. The monoisotopic (exact) mass is 398 g/mol. The van der Waals surface area contributed by atoms with Gasteiger partial charge in [0, 0.05) is 43.6 Å². The third kappa shape index (κ3) is 3.84. The summed E-state index contributed by atoms with van der Waals surface area (Å²) >= 11 is 0. The number of hydrogen-bond acceptors (Lipinski definition) is 5. The fourth-order valence-electron chi connectivity index (χ4n) is 3.30. The number of halogens is 1. The number of aromatic nitrogens is 1. The fourth-order valence-corrected chi connectivity index (χ4v) is 3.30. The van der Waals surface area contributed by atoms with Crippen LogP contribution in [0.1, 0.15) is 5.56 Å². The highest BCUT2D eigenvalue weighted by Gasteiger charge is 2.26. The Kier molecular flexibility index (Phi) is 4.79. The number of oxazole rings is 1. The summed E-state index contributed by atoms with van der Waals surface area (Å²) < 4.78 is 18.7. The highest BCUT2D eigenvalue weighted by Crippen LogP contribution is 2.20. The predicted octanol–water partition coefficient (Wildman–Crippen LogP) is 1.86. The van der Waals surface area contributed by atoms with Crippen molar-refractivity contribution in [3.8, 4) is 0 Å². The van der Waals surface area contributed by atoms with Crippen molar-refractivity contribution >= 4 is 34.3 Å². The number of rotatable bonds is 2. The molecule has 2 N–H and O–H groups in total. The van der Waals surface area contributed by atoms with Gasteiger partial charge in [0.1, 0.15) is 5.82 Å². The van der Waals surface area contributed by atoms with E-state index in [1.54, 1.807) is 25.1 Å². The lowest BCUT2D eigenvalue weighted by molar-refractivity contribution is -0.143. The number of carbonyl (C=O) groups excluding carboxylic acids is 2. The number of amides is 2. The van der Waals surface area contributed by atoms with Crippen LogP contribution in [0, 0.1) is 12.7 Å². The molecule has 0 atom stereocenters. The van der Waals surface area contributed by atoms with Gasteiger partial charge in [0.15, 0.2) is 5.58 Å². The molecule has 0 unspecified atom stereocenters. The van der Waals surface area contributed by atoms with Crippen molar-refractivity contribution in [3.63, 3.8) is 0 Å². The van der Waals surface area contributed by atoms with Crippen LogP contribution >= 0.6 is 0 Å². The summed E-state index contributed by atoms with van der Waals surface area (Å²) in [7, 11) is 0. The molecule has 0 saturated carbocycles. The summed E-state index contributed by atoms with van der Waals surface area (Å²) in [4.78, 5) is 41.9. The number of aryl methyl sites for hydroxylation is 1. The number of piperazine rings is 1. The maximum Gasteiger partial charge on any atom is 0.417 e. The molecule has 2 amide bonds. The molecule has 9 heteroatoms. The first-order valence-electron chi connectivity index (χ1n) is 9.15. The van der Waals surface area contributed by atoms with E-state index in [0.29, 0.717) is 48.5 Å². The Morgan fingerprint density at radius 2 is 1.86 bits per heavy atom. The van der Waals surface area contributed by atoms with Crippen molar-refractivity contribution in [2.24, 2.45) is 0 Å². The van der Waals surface area contributed by atoms with Gasteiger partial charge in [-0.25, -0.2) is 9.18 Å². The van der Waals surface area contributed by atoms with Crippen molar-refractivity contribution in [1.82, 2.24) is 9.88 Å². The Hall–Kier alpha value is -3.62. The van der Waals surface area contributed by atoms with Crippen molar-refractivity contribution in [1.29, 1.82) is 0 Å². The molecule has 1 fully saturated rings. The van der Waals surface area contributed by atoms with Crippen molar-refractivity contribution < 1.29 is 18.4 Å². The van der Waals surface area contributed by atoms with Crippen LogP contribution in [0.25, 0.3) is 11.1 Å². The molecule has 1 aliphatic heterocycles. The number of nitrogens with zero attached hydrogens (tertiary/aromatic N) is 2. The quantitative estimate of drug-likeness (QED) is 0.642. The molecular weight excluding hydrogens is 379 g/mol. The van der Waals surface area contributed by atoms with Crippen molar-refractivity contribution in [2.75, 3.05) is 36.4 Å². The van der Waals surface area contributed by atoms with Crippen LogP contribution < -0.4 is 16.0 Å². The maximum absolute atomic E-state index is 13.8. The van der Waals surface area contributed by atoms with Gasteiger partial charge in [-0.05, 0) is 36.8 Å². The van der Waals surface area contributed by atoms with Crippen molar-refractivity contribution in [3.05, 3.63) is 58.3 Å². The normalized spacial score (nSPS) is 14.3. The van der Waals surface area contributed by atoms with Gasteiger partial charge in [-0.2, -0.15) is 0 Å². The molecule has 1 saturated heterocycles. The number of fused-ring (bicyclic) bond motifs is 1. The summed E-state index contributed by atoms with van der Waals surface area (Å²) in [5.74, 6) is -2.27. The third-order valence-corrected chi connectivity index (χ3v) is 4.96. The first kappa shape index (κ1) is 18.7. The Labute approximate surface area is 164 Å². The molecule has 8 nitrogen and oxygen atoms in total. The molecule has 3 aromatic rings. The second-order valence-electron chi connectivity index (χ2n) is 6.89. The largest absolute Gasteiger partial charge is 0.417 e. The fraction of sp³-hybridized carbons (Fsp3) is 0.250. The standard InChI is InChI=1S/C20H19FN4O4/c1-12-2-4-14(11-15(12)21)24-6-8-25(9-7-24)19(27)18(26)22-13-3-5-16-17(10-13)29-20(28)23-16/h2-5,10-11H,6-9H2,1H3,(H,22,26)(H,23,28). The first-order chi connectivity index (χ1) is 13.9. The summed E-state index contributed by atoms with van der Waals surface area (Å²) in [6, 6.07) is 9.68. The smallest absolute Gasteiger partial charge is 0.408 e. The minimum absolute atomic E-state index is 0.268. The molecule has 4 rings (SSSR count). The zero-order chi connectivity index (χ0) is 20.5. The van der Waals surface area contributed by atoms with Gasteiger partial charge < -0.3 is 19.5 Å². The second kappa shape index (κ2) is 7.42. The van der Waals surface area contributed by atoms with Crippen LogP contribution in [0.15, 0.2) is 45.6 Å². The van der Waals surface area contributed by atoms with Gasteiger partial charge in [-0.15, -0.1) is 0 Å². The number of anilines is 2. The zero-order valence-electron chi connectivity index (χ0n) is 15.7. The number of aromatic amines is 1. The maximum atomic E-state index is 13.8.